The first-order chi connectivity index (χ1) is 8.15. The molecular weight excluding hydrogens is 224 g/mol. The minimum Gasteiger partial charge on any atom is -0.478 e. The van der Waals surface area contributed by atoms with Gasteiger partial charge in [-0.25, -0.2) is 4.79 Å². The minimum atomic E-state index is -1.01. The van der Waals surface area contributed by atoms with Gasteiger partial charge >= 0.3 is 5.97 Å². The lowest BCUT2D eigenvalue weighted by Crippen LogP contribution is -2.27. The minimum absolute atomic E-state index is 0.0297. The second kappa shape index (κ2) is 6.70. The van der Waals surface area contributed by atoms with Crippen LogP contribution in [0.2, 0.25) is 0 Å². The molecule has 1 rings (SSSR count). The first-order valence-electron chi connectivity index (χ1n) is 5.42. The fourth-order valence-electron chi connectivity index (χ4n) is 1.36. The summed E-state index contributed by atoms with van der Waals surface area (Å²) >= 11 is 0. The van der Waals surface area contributed by atoms with Crippen LogP contribution in [0.15, 0.2) is 16.7 Å². The van der Waals surface area contributed by atoms with E-state index in [2.05, 4.69) is 10.6 Å². The Kier molecular flexibility index (Phi) is 5.22. The Labute approximate surface area is 99.0 Å². The third-order valence-electron chi connectivity index (χ3n) is 2.16. The molecule has 0 saturated heterocycles. The molecule has 0 aliphatic heterocycles. The molecule has 3 N–H and O–H groups in total. The number of hydrogen-bond donors (Lipinski definition) is 3. The molecule has 0 aliphatic rings. The van der Waals surface area contributed by atoms with Gasteiger partial charge in [-0.1, -0.05) is 0 Å². The molecule has 1 heterocycles. The average molecular weight is 240 g/mol. The van der Waals surface area contributed by atoms with Gasteiger partial charge < -0.3 is 20.2 Å². The van der Waals surface area contributed by atoms with Crippen LogP contribution in [0.5, 0.6) is 0 Å². The van der Waals surface area contributed by atoms with E-state index in [-0.39, 0.29) is 11.5 Å². The van der Waals surface area contributed by atoms with E-state index >= 15 is 0 Å². The van der Waals surface area contributed by atoms with Crippen LogP contribution in [0.3, 0.4) is 0 Å². The van der Waals surface area contributed by atoms with Gasteiger partial charge in [0.05, 0.1) is 12.8 Å². The topological polar surface area (TPSA) is 91.6 Å². The molecule has 0 atom stereocenters. The van der Waals surface area contributed by atoms with E-state index in [4.69, 9.17) is 9.52 Å². The maximum atomic E-state index is 11.1. The smallest absolute Gasteiger partial charge is 0.339 e. The molecule has 0 bridgehead atoms. The lowest BCUT2D eigenvalue weighted by molar-refractivity contribution is -0.120. The van der Waals surface area contributed by atoms with Gasteiger partial charge in [0.1, 0.15) is 11.3 Å². The number of rotatable bonds is 7. The number of carboxylic acid groups (broad SMARTS) is 1. The third kappa shape index (κ3) is 4.28. The zero-order valence-electron chi connectivity index (χ0n) is 9.66. The Morgan fingerprint density at radius 1 is 1.47 bits per heavy atom. The Balaban J connectivity index is 2.29. The summed E-state index contributed by atoms with van der Waals surface area (Å²) in [5.41, 5.74) is 0.149. The summed E-state index contributed by atoms with van der Waals surface area (Å²) in [6.07, 6.45) is 1.70. The fourth-order valence-corrected chi connectivity index (χ4v) is 1.36. The van der Waals surface area contributed by atoms with Crippen molar-refractivity contribution < 1.29 is 19.1 Å². The molecule has 94 valence electrons. The fraction of sp³-hybridized carbons (Fsp3) is 0.455. The lowest BCUT2D eigenvalue weighted by Gasteiger charge is -2.04. The zero-order chi connectivity index (χ0) is 12.7. The third-order valence-corrected chi connectivity index (χ3v) is 2.16. The summed E-state index contributed by atoms with van der Waals surface area (Å²) in [5, 5.41) is 14.4. The molecule has 1 aromatic rings. The molecule has 1 amide bonds. The van der Waals surface area contributed by atoms with Gasteiger partial charge in [0, 0.05) is 19.5 Å². The Hall–Kier alpha value is -1.82. The predicted molar refractivity (Wildman–Crippen MR) is 60.7 cm³/mol. The standard InChI is InChI=1S/C11H16N2O4/c1-2-13-10(14)3-5-12-7-9-8(11(15)16)4-6-17-9/h4,6,12H,2-3,5,7H2,1H3,(H,13,14)(H,15,16). The van der Waals surface area contributed by atoms with Crippen molar-refractivity contribution >= 4 is 11.9 Å². The molecule has 0 saturated carbocycles. The highest BCUT2D eigenvalue weighted by atomic mass is 16.4. The SMILES string of the molecule is CCNC(=O)CCNCc1occc1C(=O)O. The van der Waals surface area contributed by atoms with Crippen molar-refractivity contribution in [3.63, 3.8) is 0 Å². The monoisotopic (exact) mass is 240 g/mol. The van der Waals surface area contributed by atoms with Crippen LogP contribution in [-0.2, 0) is 11.3 Å². The number of aromatic carboxylic acids is 1. The maximum Gasteiger partial charge on any atom is 0.339 e. The Bertz CT molecular complexity index is 387. The van der Waals surface area contributed by atoms with Crippen molar-refractivity contribution in [2.75, 3.05) is 13.1 Å². The normalized spacial score (nSPS) is 10.2. The van der Waals surface area contributed by atoms with E-state index in [9.17, 15) is 9.59 Å². The summed E-state index contributed by atoms with van der Waals surface area (Å²) < 4.78 is 5.04. The van der Waals surface area contributed by atoms with E-state index < -0.39 is 5.97 Å². The highest BCUT2D eigenvalue weighted by molar-refractivity contribution is 5.88. The molecule has 0 radical (unpaired) electrons. The van der Waals surface area contributed by atoms with E-state index in [0.29, 0.717) is 31.8 Å². The van der Waals surface area contributed by atoms with Crippen molar-refractivity contribution in [2.24, 2.45) is 0 Å². The van der Waals surface area contributed by atoms with Crippen molar-refractivity contribution in [3.8, 4) is 0 Å². The summed E-state index contributed by atoms with van der Waals surface area (Å²) in [6, 6.07) is 1.41. The van der Waals surface area contributed by atoms with Crippen molar-refractivity contribution in [2.45, 2.75) is 19.9 Å². The first kappa shape index (κ1) is 13.2. The number of carbonyl (C=O) groups is 2. The maximum absolute atomic E-state index is 11.1. The second-order valence-electron chi connectivity index (χ2n) is 3.44. The van der Waals surface area contributed by atoms with E-state index in [1.54, 1.807) is 0 Å². The van der Waals surface area contributed by atoms with Crippen LogP contribution in [-0.4, -0.2) is 30.1 Å². The molecule has 0 aliphatic carbocycles. The Morgan fingerprint density at radius 2 is 2.24 bits per heavy atom. The van der Waals surface area contributed by atoms with Crippen LogP contribution in [0.1, 0.15) is 29.5 Å². The van der Waals surface area contributed by atoms with Gasteiger partial charge in [-0.15, -0.1) is 0 Å². The average Bonchev–Trinajstić information content (AvgIpc) is 2.73. The molecule has 17 heavy (non-hydrogen) atoms. The van der Waals surface area contributed by atoms with Crippen molar-refractivity contribution in [3.05, 3.63) is 23.7 Å². The highest BCUT2D eigenvalue weighted by Gasteiger charge is 2.12. The van der Waals surface area contributed by atoms with Crippen LogP contribution >= 0.6 is 0 Å². The van der Waals surface area contributed by atoms with Gasteiger partial charge in [-0.2, -0.15) is 0 Å². The van der Waals surface area contributed by atoms with Gasteiger partial charge in [-0.05, 0) is 13.0 Å². The molecule has 0 unspecified atom stereocenters. The van der Waals surface area contributed by atoms with Crippen molar-refractivity contribution in [1.82, 2.24) is 10.6 Å². The molecule has 6 heteroatoms. The second-order valence-corrected chi connectivity index (χ2v) is 3.44. The van der Waals surface area contributed by atoms with E-state index in [1.165, 1.54) is 12.3 Å². The van der Waals surface area contributed by atoms with Crippen molar-refractivity contribution in [1.29, 1.82) is 0 Å². The number of nitrogens with one attached hydrogen (secondary N) is 2. The number of carbonyl (C=O) groups excluding carboxylic acids is 1. The van der Waals surface area contributed by atoms with E-state index in [1.807, 2.05) is 6.92 Å². The highest BCUT2D eigenvalue weighted by Crippen LogP contribution is 2.09. The molecule has 6 nitrogen and oxygen atoms in total. The lowest BCUT2D eigenvalue weighted by atomic mass is 10.2. The van der Waals surface area contributed by atoms with Gasteiger partial charge in [-0.3, -0.25) is 4.79 Å². The van der Waals surface area contributed by atoms with Crippen LogP contribution in [0.4, 0.5) is 0 Å². The molecular formula is C11H16N2O4. The molecule has 0 spiro atoms. The molecule has 1 aromatic heterocycles. The quantitative estimate of drug-likeness (QED) is 0.607. The number of carboxylic acids is 1. The molecule has 0 aromatic carbocycles. The largest absolute Gasteiger partial charge is 0.478 e. The van der Waals surface area contributed by atoms with Gasteiger partial charge in [0.25, 0.3) is 0 Å². The van der Waals surface area contributed by atoms with Crippen LogP contribution in [0.25, 0.3) is 0 Å². The zero-order valence-corrected chi connectivity index (χ0v) is 9.66. The van der Waals surface area contributed by atoms with Crippen LogP contribution < -0.4 is 10.6 Å². The predicted octanol–water partition coefficient (Wildman–Crippen LogP) is 0.594. The molecule has 0 fully saturated rings. The first-order valence-corrected chi connectivity index (χ1v) is 5.42. The number of amides is 1. The van der Waals surface area contributed by atoms with Crippen LogP contribution in [0, 0.1) is 0 Å². The number of furan rings is 1. The number of hydrogen-bond acceptors (Lipinski definition) is 4. The summed E-state index contributed by atoms with van der Waals surface area (Å²) in [7, 11) is 0. The van der Waals surface area contributed by atoms with E-state index in [0.717, 1.165) is 0 Å². The van der Waals surface area contributed by atoms with Gasteiger partial charge in [0.2, 0.25) is 5.91 Å². The summed E-state index contributed by atoms with van der Waals surface area (Å²) in [5.74, 6) is -0.675. The summed E-state index contributed by atoms with van der Waals surface area (Å²) in [6.45, 7) is 3.24. The summed E-state index contributed by atoms with van der Waals surface area (Å²) in [4.78, 5) is 21.9. The Morgan fingerprint density at radius 3 is 2.88 bits per heavy atom. The van der Waals surface area contributed by atoms with Gasteiger partial charge in [0.15, 0.2) is 0 Å².